The lowest BCUT2D eigenvalue weighted by atomic mass is 10.0. The minimum absolute atomic E-state index is 0.147. The van der Waals surface area contributed by atoms with Gasteiger partial charge in [-0.2, -0.15) is 5.26 Å². The molecule has 27 heavy (non-hydrogen) atoms. The van der Waals surface area contributed by atoms with E-state index in [1.807, 2.05) is 37.3 Å². The summed E-state index contributed by atoms with van der Waals surface area (Å²) in [6, 6.07) is 11.7. The number of hydrogen-bond acceptors (Lipinski definition) is 4. The highest BCUT2D eigenvalue weighted by Crippen LogP contribution is 2.36. The molecule has 0 amide bonds. The van der Waals surface area contributed by atoms with Crippen LogP contribution in [0.15, 0.2) is 40.1 Å². The van der Waals surface area contributed by atoms with Crippen molar-refractivity contribution >= 4 is 22.6 Å². The van der Waals surface area contributed by atoms with Crippen molar-refractivity contribution in [2.24, 2.45) is 4.99 Å². The van der Waals surface area contributed by atoms with Crippen LogP contribution in [-0.2, 0) is 13.0 Å². The molecule has 0 bridgehead atoms. The Balaban J connectivity index is 1.72. The number of nitrogens with zero attached hydrogens (tertiary/aromatic N) is 3. The van der Waals surface area contributed by atoms with Crippen LogP contribution >= 0.6 is 11.3 Å². The number of rotatable bonds is 3. The summed E-state index contributed by atoms with van der Waals surface area (Å²) in [6.45, 7) is 3.81. The van der Waals surface area contributed by atoms with Crippen LogP contribution in [0.25, 0.3) is 5.69 Å². The molecule has 2 aromatic heterocycles. The standard InChI is InChI=1S/C20H19N5OS/c1-13-17(20(26)25(23-13)14-6-4-3-5-7-14)11-22-19-16(10-21)15-8-9-24(2)12-18(15)27-19/h3-7,11,23H,8-9,12H2,1-2H3/p+1/b22-11+. The van der Waals surface area contributed by atoms with Crippen LogP contribution < -0.4 is 10.5 Å². The first-order chi connectivity index (χ1) is 13.1. The summed E-state index contributed by atoms with van der Waals surface area (Å²) >= 11 is 1.56. The number of H-pyrrole nitrogens is 1. The van der Waals surface area contributed by atoms with Crippen LogP contribution in [0.1, 0.15) is 27.3 Å². The number of aliphatic imine (C=N–C) groups is 1. The van der Waals surface area contributed by atoms with E-state index in [0.717, 1.165) is 36.5 Å². The summed E-state index contributed by atoms with van der Waals surface area (Å²) in [5, 5.41) is 13.4. The normalized spacial score (nSPS) is 16.4. The van der Waals surface area contributed by atoms with Gasteiger partial charge in [-0.3, -0.25) is 9.89 Å². The van der Waals surface area contributed by atoms with E-state index in [1.54, 1.807) is 17.6 Å². The predicted octanol–water partition coefficient (Wildman–Crippen LogP) is 1.73. The van der Waals surface area contributed by atoms with Gasteiger partial charge in [0.25, 0.3) is 5.56 Å². The van der Waals surface area contributed by atoms with Crippen molar-refractivity contribution in [2.75, 3.05) is 13.6 Å². The van der Waals surface area contributed by atoms with Crippen molar-refractivity contribution < 1.29 is 4.90 Å². The van der Waals surface area contributed by atoms with E-state index in [2.05, 4.69) is 23.2 Å². The molecule has 7 heteroatoms. The largest absolute Gasteiger partial charge is 0.333 e. The van der Waals surface area contributed by atoms with Crippen LogP contribution in [0.3, 0.4) is 0 Å². The van der Waals surface area contributed by atoms with E-state index in [4.69, 9.17) is 0 Å². The second-order valence-corrected chi connectivity index (χ2v) is 7.90. The number of para-hydroxylation sites is 1. The maximum absolute atomic E-state index is 12.8. The number of aromatic nitrogens is 2. The summed E-state index contributed by atoms with van der Waals surface area (Å²) in [4.78, 5) is 20.0. The minimum Gasteiger partial charge on any atom is -0.333 e. The molecule has 1 aliphatic heterocycles. The molecule has 1 aromatic carbocycles. The molecule has 0 aliphatic carbocycles. The van der Waals surface area contributed by atoms with Gasteiger partial charge < -0.3 is 4.90 Å². The first kappa shape index (κ1) is 17.5. The lowest BCUT2D eigenvalue weighted by molar-refractivity contribution is -0.895. The van der Waals surface area contributed by atoms with E-state index in [-0.39, 0.29) is 5.56 Å². The first-order valence-electron chi connectivity index (χ1n) is 8.85. The van der Waals surface area contributed by atoms with Gasteiger partial charge in [-0.05, 0) is 24.6 Å². The van der Waals surface area contributed by atoms with Crippen LogP contribution in [0.2, 0.25) is 0 Å². The molecule has 3 heterocycles. The second-order valence-electron chi connectivity index (χ2n) is 6.81. The maximum Gasteiger partial charge on any atom is 0.280 e. The van der Waals surface area contributed by atoms with E-state index in [0.29, 0.717) is 16.1 Å². The van der Waals surface area contributed by atoms with Crippen molar-refractivity contribution in [3.8, 4) is 11.8 Å². The van der Waals surface area contributed by atoms with Crippen LogP contribution in [-0.4, -0.2) is 29.6 Å². The second kappa shape index (κ2) is 6.99. The Morgan fingerprint density at radius 3 is 2.89 bits per heavy atom. The molecule has 3 aromatic rings. The Morgan fingerprint density at radius 2 is 2.15 bits per heavy atom. The molecular formula is C20H20N5OS+. The Kier molecular flexibility index (Phi) is 4.52. The third-order valence-corrected chi connectivity index (χ3v) is 6.03. The van der Waals surface area contributed by atoms with Gasteiger partial charge in [-0.25, -0.2) is 9.67 Å². The maximum atomic E-state index is 12.8. The topological polar surface area (TPSA) is 78.4 Å². The number of likely N-dealkylation sites (N-methyl/N-ethyl adjacent to an activating group) is 1. The molecule has 4 rings (SSSR count). The van der Waals surface area contributed by atoms with Gasteiger partial charge in [-0.15, -0.1) is 11.3 Å². The van der Waals surface area contributed by atoms with E-state index in [1.165, 1.54) is 14.5 Å². The van der Waals surface area contributed by atoms with Crippen molar-refractivity contribution in [3.63, 3.8) is 0 Å². The van der Waals surface area contributed by atoms with Gasteiger partial charge in [0.2, 0.25) is 0 Å². The van der Waals surface area contributed by atoms with Crippen LogP contribution in [0, 0.1) is 18.3 Å². The minimum atomic E-state index is -0.147. The highest BCUT2D eigenvalue weighted by molar-refractivity contribution is 7.16. The van der Waals surface area contributed by atoms with Gasteiger partial charge in [0, 0.05) is 18.3 Å². The number of aromatic amines is 1. The summed E-state index contributed by atoms with van der Waals surface area (Å²) in [6.07, 6.45) is 2.49. The van der Waals surface area contributed by atoms with Crippen LogP contribution in [0.4, 0.5) is 5.00 Å². The molecule has 0 radical (unpaired) electrons. The zero-order valence-corrected chi connectivity index (χ0v) is 16.1. The highest BCUT2D eigenvalue weighted by Gasteiger charge is 2.25. The summed E-state index contributed by atoms with van der Waals surface area (Å²) in [5.41, 5.74) is 3.68. The number of quaternary nitrogens is 1. The van der Waals surface area contributed by atoms with Crippen molar-refractivity contribution in [3.05, 3.63) is 67.9 Å². The fourth-order valence-electron chi connectivity index (χ4n) is 3.41. The quantitative estimate of drug-likeness (QED) is 0.681. The van der Waals surface area contributed by atoms with Gasteiger partial charge >= 0.3 is 0 Å². The van der Waals surface area contributed by atoms with Gasteiger partial charge in [0.05, 0.1) is 35.3 Å². The van der Waals surface area contributed by atoms with Crippen molar-refractivity contribution in [1.82, 2.24) is 9.78 Å². The Labute approximate surface area is 161 Å². The molecule has 1 aliphatic rings. The first-order valence-corrected chi connectivity index (χ1v) is 9.67. The fraction of sp³-hybridized carbons (Fsp3) is 0.250. The molecule has 6 nitrogen and oxygen atoms in total. The molecule has 0 saturated carbocycles. The van der Waals surface area contributed by atoms with E-state index >= 15 is 0 Å². The number of fused-ring (bicyclic) bond motifs is 1. The fourth-order valence-corrected chi connectivity index (χ4v) is 4.66. The average molecular weight is 378 g/mol. The van der Waals surface area contributed by atoms with Gasteiger partial charge in [0.15, 0.2) is 0 Å². The number of nitriles is 1. The number of thiophene rings is 1. The molecule has 0 spiro atoms. The zero-order chi connectivity index (χ0) is 19.0. The average Bonchev–Trinajstić information content (AvgIpc) is 3.16. The molecular weight excluding hydrogens is 358 g/mol. The lowest BCUT2D eigenvalue weighted by Crippen LogP contribution is -3.08. The Bertz CT molecular complexity index is 1110. The monoisotopic (exact) mass is 378 g/mol. The Hall–Kier alpha value is -2.95. The van der Waals surface area contributed by atoms with Gasteiger partial charge in [-0.1, -0.05) is 18.2 Å². The molecule has 0 saturated heterocycles. The third-order valence-electron chi connectivity index (χ3n) is 4.89. The summed E-state index contributed by atoms with van der Waals surface area (Å²) in [5.74, 6) is 0. The number of benzene rings is 1. The predicted molar refractivity (Wildman–Crippen MR) is 107 cm³/mol. The third kappa shape index (κ3) is 3.14. The van der Waals surface area contributed by atoms with Gasteiger partial charge in [0.1, 0.15) is 17.6 Å². The van der Waals surface area contributed by atoms with E-state index in [9.17, 15) is 10.1 Å². The lowest BCUT2D eigenvalue weighted by Gasteiger charge is -2.18. The van der Waals surface area contributed by atoms with Crippen LogP contribution in [0.5, 0.6) is 0 Å². The Morgan fingerprint density at radius 1 is 1.37 bits per heavy atom. The molecule has 136 valence electrons. The zero-order valence-electron chi connectivity index (χ0n) is 15.2. The summed E-state index contributed by atoms with van der Waals surface area (Å²) in [7, 11) is 2.16. The smallest absolute Gasteiger partial charge is 0.280 e. The molecule has 2 N–H and O–H groups in total. The van der Waals surface area contributed by atoms with Crippen molar-refractivity contribution in [1.29, 1.82) is 5.26 Å². The van der Waals surface area contributed by atoms with Crippen molar-refractivity contribution in [2.45, 2.75) is 19.9 Å². The number of aryl methyl sites for hydroxylation is 1. The molecule has 1 unspecified atom stereocenters. The highest BCUT2D eigenvalue weighted by atomic mass is 32.1. The van der Waals surface area contributed by atoms with E-state index < -0.39 is 0 Å². The molecule has 1 atom stereocenters. The number of hydrogen-bond donors (Lipinski definition) is 2. The number of nitrogens with one attached hydrogen (secondary N) is 2. The molecule has 0 fully saturated rings. The summed E-state index contributed by atoms with van der Waals surface area (Å²) < 4.78 is 1.51. The SMILES string of the molecule is Cc1[nH]n(-c2ccccc2)c(=O)c1/C=N/c1sc2c(c1C#N)CC[NH+](C)C2.